The molecule has 3 amide bonds. The molecule has 2 bridgehead atoms. The van der Waals surface area contributed by atoms with Gasteiger partial charge in [-0.15, -0.1) is 0 Å². The molecule has 0 aromatic heterocycles. The van der Waals surface area contributed by atoms with E-state index in [1.807, 2.05) is 6.07 Å². The second-order valence-corrected chi connectivity index (χ2v) is 13.0. The summed E-state index contributed by atoms with van der Waals surface area (Å²) in [5, 5.41) is 3.37. The number of hydrogen-bond acceptors (Lipinski definition) is 4. The Bertz CT molecular complexity index is 976. The van der Waals surface area contributed by atoms with Gasteiger partial charge in [-0.3, -0.25) is 9.69 Å². The first-order chi connectivity index (χ1) is 18.4. The fourth-order valence-electron chi connectivity index (χ4n) is 8.03. The molecular weight excluding hydrogens is 476 g/mol. The molecule has 4 heterocycles. The number of benzene rings is 1. The molecule has 7 nitrogen and oxygen atoms in total. The first-order valence-electron chi connectivity index (χ1n) is 15.2. The average Bonchev–Trinajstić information content (AvgIpc) is 3.69. The first kappa shape index (κ1) is 26.1. The zero-order chi connectivity index (χ0) is 26.3. The van der Waals surface area contributed by atoms with E-state index in [-0.39, 0.29) is 35.5 Å². The molecule has 1 spiro atoms. The monoisotopic (exact) mass is 522 g/mol. The van der Waals surface area contributed by atoms with Crippen molar-refractivity contribution < 1.29 is 14.3 Å². The van der Waals surface area contributed by atoms with E-state index in [0.29, 0.717) is 18.0 Å². The van der Waals surface area contributed by atoms with E-state index in [0.717, 1.165) is 77.8 Å². The minimum atomic E-state index is -0.0439. The quantitative estimate of drug-likeness (QED) is 0.516. The molecule has 3 atom stereocenters. The minimum absolute atomic E-state index is 0.0439. The van der Waals surface area contributed by atoms with Gasteiger partial charge in [0.05, 0.1) is 11.6 Å². The molecule has 6 rings (SSSR count). The summed E-state index contributed by atoms with van der Waals surface area (Å²) in [6, 6.07) is 12.1. The number of nitrogens with zero attached hydrogens (tertiary/aromatic N) is 3. The lowest BCUT2D eigenvalue weighted by Gasteiger charge is -2.49. The number of carbonyl (C=O) groups is 2. The molecule has 208 valence electrons. The second kappa shape index (κ2) is 10.8. The Morgan fingerprint density at radius 1 is 1.03 bits per heavy atom. The number of piperidine rings is 1. The zero-order valence-corrected chi connectivity index (χ0v) is 23.3. The molecule has 1 aromatic rings. The van der Waals surface area contributed by atoms with Crippen molar-refractivity contribution in [1.29, 1.82) is 0 Å². The van der Waals surface area contributed by atoms with Gasteiger partial charge in [0.25, 0.3) is 0 Å². The van der Waals surface area contributed by atoms with Gasteiger partial charge in [-0.05, 0) is 83.1 Å². The van der Waals surface area contributed by atoms with Crippen LogP contribution in [0.25, 0.3) is 0 Å². The highest BCUT2D eigenvalue weighted by atomic mass is 16.5. The Morgan fingerprint density at radius 3 is 2.34 bits per heavy atom. The fourth-order valence-corrected chi connectivity index (χ4v) is 8.03. The van der Waals surface area contributed by atoms with E-state index in [4.69, 9.17) is 4.74 Å². The second-order valence-electron chi connectivity index (χ2n) is 13.0. The Balaban J connectivity index is 1.14. The van der Waals surface area contributed by atoms with Gasteiger partial charge in [-0.2, -0.15) is 0 Å². The van der Waals surface area contributed by atoms with Crippen molar-refractivity contribution >= 4 is 11.9 Å². The summed E-state index contributed by atoms with van der Waals surface area (Å²) in [5.74, 6) is 1.01. The van der Waals surface area contributed by atoms with Crippen molar-refractivity contribution in [1.82, 2.24) is 20.0 Å². The van der Waals surface area contributed by atoms with Crippen LogP contribution in [0, 0.1) is 11.8 Å². The maximum atomic E-state index is 13.7. The van der Waals surface area contributed by atoms with Crippen molar-refractivity contribution in [3.8, 4) is 0 Å². The lowest BCUT2D eigenvalue weighted by Crippen LogP contribution is -2.60. The largest absolute Gasteiger partial charge is 0.381 e. The zero-order valence-electron chi connectivity index (χ0n) is 23.3. The number of ether oxygens (including phenoxy) is 1. The highest BCUT2D eigenvalue weighted by Gasteiger charge is 2.57. The Kier molecular flexibility index (Phi) is 7.43. The van der Waals surface area contributed by atoms with E-state index in [2.05, 4.69) is 58.1 Å². The van der Waals surface area contributed by atoms with Gasteiger partial charge in [0.1, 0.15) is 0 Å². The average molecular weight is 523 g/mol. The molecule has 1 aliphatic carbocycles. The normalized spacial score (nSPS) is 31.0. The van der Waals surface area contributed by atoms with Crippen LogP contribution in [-0.4, -0.2) is 83.2 Å². The van der Waals surface area contributed by atoms with Crippen LogP contribution in [0.3, 0.4) is 0 Å². The maximum Gasteiger partial charge on any atom is 0.320 e. The highest BCUT2D eigenvalue weighted by Crippen LogP contribution is 2.48. The minimum Gasteiger partial charge on any atom is -0.381 e. The van der Waals surface area contributed by atoms with Crippen LogP contribution < -0.4 is 5.32 Å². The molecule has 5 aliphatic rings. The van der Waals surface area contributed by atoms with Crippen LogP contribution in [0.15, 0.2) is 30.3 Å². The molecule has 38 heavy (non-hydrogen) atoms. The summed E-state index contributed by atoms with van der Waals surface area (Å²) in [6.45, 7) is 8.80. The topological polar surface area (TPSA) is 65.1 Å². The standard InChI is InChI=1S/C31H46N4O3/c1-22(2)35-30(37)33(20-23-13-16-38-17-14-23)21-31(35)18-26-10-11-27(19-31)34(26)15-12-28(24-6-4-3-5-7-24)32-29(36)25-8-9-25/h3-7,22-23,25-28H,8-21H2,1-2H3,(H,32,36)/t26?,27?,28-,31?/m0/s1. The summed E-state index contributed by atoms with van der Waals surface area (Å²) in [7, 11) is 0. The third-order valence-corrected chi connectivity index (χ3v) is 9.95. The smallest absolute Gasteiger partial charge is 0.320 e. The van der Waals surface area contributed by atoms with E-state index in [1.54, 1.807) is 0 Å². The molecule has 1 saturated carbocycles. The van der Waals surface area contributed by atoms with Crippen LogP contribution in [0.1, 0.15) is 83.2 Å². The molecule has 1 aromatic carbocycles. The van der Waals surface area contributed by atoms with Crippen molar-refractivity contribution in [2.24, 2.45) is 11.8 Å². The van der Waals surface area contributed by atoms with Crippen LogP contribution in [0.4, 0.5) is 4.79 Å². The van der Waals surface area contributed by atoms with E-state index >= 15 is 0 Å². The summed E-state index contributed by atoms with van der Waals surface area (Å²) in [4.78, 5) is 33.6. The fraction of sp³-hybridized carbons (Fsp3) is 0.742. The summed E-state index contributed by atoms with van der Waals surface area (Å²) in [6.07, 6.45) is 9.71. The Labute approximate surface area is 228 Å². The molecular formula is C31H46N4O3. The summed E-state index contributed by atoms with van der Waals surface area (Å²) < 4.78 is 5.57. The molecule has 1 N–H and O–H groups in total. The SMILES string of the molecule is CC(C)N1C(=O)N(CC2CCOCC2)CC12CC1CCC(C2)N1CC[C@H](NC(=O)C1CC1)c1ccccc1. The Morgan fingerprint density at radius 2 is 1.71 bits per heavy atom. The van der Waals surface area contributed by atoms with Crippen molar-refractivity contribution in [3.63, 3.8) is 0 Å². The van der Waals surface area contributed by atoms with Gasteiger partial charge >= 0.3 is 6.03 Å². The molecule has 0 radical (unpaired) electrons. The lowest BCUT2D eigenvalue weighted by atomic mass is 9.81. The predicted molar refractivity (Wildman–Crippen MR) is 148 cm³/mol. The summed E-state index contributed by atoms with van der Waals surface area (Å²) >= 11 is 0. The van der Waals surface area contributed by atoms with E-state index in [9.17, 15) is 9.59 Å². The highest BCUT2D eigenvalue weighted by molar-refractivity contribution is 5.81. The van der Waals surface area contributed by atoms with Crippen LogP contribution in [0.5, 0.6) is 0 Å². The molecule has 7 heteroatoms. The van der Waals surface area contributed by atoms with Crippen molar-refractivity contribution in [2.75, 3.05) is 32.8 Å². The predicted octanol–water partition coefficient (Wildman–Crippen LogP) is 4.58. The van der Waals surface area contributed by atoms with Crippen LogP contribution >= 0.6 is 0 Å². The number of urea groups is 1. The van der Waals surface area contributed by atoms with Gasteiger partial charge in [0.2, 0.25) is 5.91 Å². The number of rotatable bonds is 9. The van der Waals surface area contributed by atoms with E-state index in [1.165, 1.54) is 18.4 Å². The number of hydrogen-bond donors (Lipinski definition) is 1. The van der Waals surface area contributed by atoms with Gasteiger partial charge < -0.3 is 19.9 Å². The van der Waals surface area contributed by atoms with Crippen LogP contribution in [-0.2, 0) is 9.53 Å². The molecule has 4 aliphatic heterocycles. The Hall–Kier alpha value is -2.12. The van der Waals surface area contributed by atoms with Gasteiger partial charge in [0, 0.05) is 56.9 Å². The number of nitrogens with one attached hydrogen (secondary N) is 1. The number of amides is 3. The van der Waals surface area contributed by atoms with Crippen molar-refractivity contribution in [2.45, 2.75) is 101 Å². The van der Waals surface area contributed by atoms with Crippen LogP contribution in [0.2, 0.25) is 0 Å². The first-order valence-corrected chi connectivity index (χ1v) is 15.2. The van der Waals surface area contributed by atoms with E-state index < -0.39 is 0 Å². The van der Waals surface area contributed by atoms with Gasteiger partial charge in [0.15, 0.2) is 0 Å². The molecule has 2 unspecified atom stereocenters. The molecule has 4 saturated heterocycles. The lowest BCUT2D eigenvalue weighted by molar-refractivity contribution is -0.123. The van der Waals surface area contributed by atoms with Crippen molar-refractivity contribution in [3.05, 3.63) is 35.9 Å². The van der Waals surface area contributed by atoms with Gasteiger partial charge in [-0.1, -0.05) is 30.3 Å². The third kappa shape index (κ3) is 5.21. The maximum absolute atomic E-state index is 13.7. The summed E-state index contributed by atoms with van der Waals surface area (Å²) in [5.41, 5.74) is 1.16. The number of fused-ring (bicyclic) bond motifs is 2. The number of carbonyl (C=O) groups excluding carboxylic acids is 2. The third-order valence-electron chi connectivity index (χ3n) is 9.95. The van der Waals surface area contributed by atoms with Gasteiger partial charge in [-0.25, -0.2) is 4.79 Å². The molecule has 5 fully saturated rings.